The van der Waals surface area contributed by atoms with Gasteiger partial charge in [-0.1, -0.05) is 29.8 Å². The number of pyridine rings is 1. The van der Waals surface area contributed by atoms with Crippen molar-refractivity contribution in [2.24, 2.45) is 5.92 Å². The lowest BCUT2D eigenvalue weighted by molar-refractivity contribution is -0.116. The molecule has 0 spiro atoms. The van der Waals surface area contributed by atoms with E-state index in [0.717, 1.165) is 24.6 Å². The molecule has 0 bridgehead atoms. The second-order valence-electron chi connectivity index (χ2n) is 9.43. The number of hydrogen-bond acceptors (Lipinski definition) is 9. The lowest BCUT2D eigenvalue weighted by Gasteiger charge is -2.32. The molecule has 9 nitrogen and oxygen atoms in total. The number of methoxy groups -OCH3 is 2. The van der Waals surface area contributed by atoms with Crippen LogP contribution in [-0.2, 0) is 9.53 Å². The summed E-state index contributed by atoms with van der Waals surface area (Å²) in [6.07, 6.45) is 6.39. The van der Waals surface area contributed by atoms with Gasteiger partial charge in [-0.2, -0.15) is 0 Å². The van der Waals surface area contributed by atoms with Gasteiger partial charge < -0.3 is 24.8 Å². The first-order valence-electron chi connectivity index (χ1n) is 12.5. The van der Waals surface area contributed by atoms with Crippen molar-refractivity contribution in [1.82, 2.24) is 15.0 Å². The third kappa shape index (κ3) is 5.50. The highest BCUT2D eigenvalue weighted by Gasteiger charge is 2.29. The fourth-order valence-electron chi connectivity index (χ4n) is 4.55. The zero-order valence-electron chi connectivity index (χ0n) is 21.2. The van der Waals surface area contributed by atoms with E-state index in [1.54, 1.807) is 12.3 Å². The minimum absolute atomic E-state index is 0.0264. The molecular formula is C27H29Cl2N5O4. The molecule has 2 atom stereocenters. The molecular weight excluding hydrogens is 529 g/mol. The fraction of sp³-hybridized carbons (Fsp3) is 0.407. The van der Waals surface area contributed by atoms with Crippen molar-refractivity contribution >= 4 is 51.5 Å². The molecule has 38 heavy (non-hydrogen) atoms. The summed E-state index contributed by atoms with van der Waals surface area (Å²) in [6, 6.07) is 3.82. The van der Waals surface area contributed by atoms with Crippen LogP contribution in [0.4, 0.5) is 11.6 Å². The molecule has 1 aliphatic carbocycles. The SMILES string of the molecule is C=CC(=O)C[C@H]1CCOC[C@H]1Nc1cc2c(NC3CC3)nc(-c3c(Cl)c(OC)cc(OC)c3Cl)nc2cn1. The third-order valence-corrected chi connectivity index (χ3v) is 7.57. The van der Waals surface area contributed by atoms with E-state index in [-0.39, 0.29) is 17.7 Å². The normalized spacial score (nSPS) is 19.2. The number of carbonyl (C=O) groups excluding carboxylic acids is 1. The van der Waals surface area contributed by atoms with Crippen molar-refractivity contribution in [1.29, 1.82) is 0 Å². The van der Waals surface area contributed by atoms with E-state index in [9.17, 15) is 4.79 Å². The van der Waals surface area contributed by atoms with Gasteiger partial charge in [0.15, 0.2) is 11.6 Å². The van der Waals surface area contributed by atoms with E-state index < -0.39 is 0 Å². The van der Waals surface area contributed by atoms with E-state index >= 15 is 0 Å². The molecule has 1 aliphatic heterocycles. The third-order valence-electron chi connectivity index (χ3n) is 6.82. The molecule has 2 N–H and O–H groups in total. The Labute approximate surface area is 230 Å². The zero-order chi connectivity index (χ0) is 26.8. The molecule has 200 valence electrons. The maximum absolute atomic E-state index is 12.0. The highest BCUT2D eigenvalue weighted by Crippen LogP contribution is 2.45. The smallest absolute Gasteiger partial charge is 0.165 e. The van der Waals surface area contributed by atoms with Crippen LogP contribution in [0.3, 0.4) is 0 Å². The lowest BCUT2D eigenvalue weighted by atomic mass is 9.89. The number of aromatic nitrogens is 3. The van der Waals surface area contributed by atoms with Gasteiger partial charge in [0, 0.05) is 30.5 Å². The first-order valence-corrected chi connectivity index (χ1v) is 13.2. The number of halogens is 2. The molecule has 2 fully saturated rings. The van der Waals surface area contributed by atoms with Crippen molar-refractivity contribution in [3.63, 3.8) is 0 Å². The van der Waals surface area contributed by atoms with Gasteiger partial charge in [0.1, 0.15) is 23.1 Å². The number of carbonyl (C=O) groups is 1. The van der Waals surface area contributed by atoms with Crippen LogP contribution in [0.5, 0.6) is 11.5 Å². The van der Waals surface area contributed by atoms with Crippen LogP contribution < -0.4 is 20.1 Å². The molecule has 1 aromatic carbocycles. The number of benzene rings is 1. The molecule has 5 rings (SSSR count). The van der Waals surface area contributed by atoms with Gasteiger partial charge in [0.2, 0.25) is 0 Å². The summed E-state index contributed by atoms with van der Waals surface area (Å²) in [6.45, 7) is 4.72. The molecule has 2 aromatic heterocycles. The quantitative estimate of drug-likeness (QED) is 0.310. The van der Waals surface area contributed by atoms with E-state index in [4.69, 9.17) is 47.4 Å². The van der Waals surface area contributed by atoms with Crippen molar-refractivity contribution < 1.29 is 19.0 Å². The minimum atomic E-state index is -0.0560. The Morgan fingerprint density at radius 3 is 2.53 bits per heavy atom. The van der Waals surface area contributed by atoms with Gasteiger partial charge in [-0.25, -0.2) is 15.0 Å². The number of ketones is 1. The monoisotopic (exact) mass is 557 g/mol. The molecule has 1 saturated carbocycles. The Bertz CT molecular complexity index is 1350. The number of nitrogens with zero attached hydrogens (tertiary/aromatic N) is 3. The van der Waals surface area contributed by atoms with Gasteiger partial charge in [0.25, 0.3) is 0 Å². The number of rotatable bonds is 10. The molecule has 0 unspecified atom stereocenters. The minimum Gasteiger partial charge on any atom is -0.495 e. The van der Waals surface area contributed by atoms with Crippen molar-refractivity contribution in [2.45, 2.75) is 37.8 Å². The number of anilines is 2. The highest BCUT2D eigenvalue weighted by molar-refractivity contribution is 6.41. The standard InChI is InChI=1S/C27H29Cl2N5O4/c1-4-16(35)9-14-7-8-38-13-19(14)32-22-10-17-18(12-30-22)33-27(34-26(17)31-15-5-6-15)23-24(28)20(36-2)11-21(37-3)25(23)29/h4,10-12,14-15,19H,1,5-9,13H2,2-3H3,(H,30,32)(H,31,33,34)/t14-,19-/m1/s1. The Morgan fingerprint density at radius 1 is 1.13 bits per heavy atom. The molecule has 0 radical (unpaired) electrons. The molecule has 1 saturated heterocycles. The maximum Gasteiger partial charge on any atom is 0.165 e. The average molecular weight is 558 g/mol. The van der Waals surface area contributed by atoms with Crippen LogP contribution in [-0.4, -0.2) is 60.3 Å². The van der Waals surface area contributed by atoms with Crippen LogP contribution in [0.25, 0.3) is 22.3 Å². The maximum atomic E-state index is 12.0. The fourth-order valence-corrected chi connectivity index (χ4v) is 5.22. The summed E-state index contributed by atoms with van der Waals surface area (Å²) in [5, 5.41) is 8.35. The van der Waals surface area contributed by atoms with Crippen molar-refractivity contribution in [3.8, 4) is 22.9 Å². The first kappa shape index (κ1) is 26.5. The second-order valence-corrected chi connectivity index (χ2v) is 10.2. The van der Waals surface area contributed by atoms with Crippen LogP contribution >= 0.6 is 23.2 Å². The molecule has 2 aliphatic rings. The average Bonchev–Trinajstić information content (AvgIpc) is 3.74. The van der Waals surface area contributed by atoms with E-state index in [0.29, 0.717) is 75.8 Å². The number of allylic oxidation sites excluding steroid dienone is 1. The van der Waals surface area contributed by atoms with Crippen molar-refractivity contribution in [3.05, 3.63) is 41.0 Å². The topological polar surface area (TPSA) is 107 Å². The lowest BCUT2D eigenvalue weighted by Crippen LogP contribution is -2.39. The molecule has 0 amide bonds. The van der Waals surface area contributed by atoms with E-state index in [1.165, 1.54) is 20.3 Å². The van der Waals surface area contributed by atoms with Crippen LogP contribution in [0.15, 0.2) is 31.0 Å². The summed E-state index contributed by atoms with van der Waals surface area (Å²) in [7, 11) is 3.04. The zero-order valence-corrected chi connectivity index (χ0v) is 22.7. The van der Waals surface area contributed by atoms with E-state index in [1.807, 2.05) is 6.07 Å². The number of nitrogens with one attached hydrogen (secondary N) is 2. The predicted octanol–water partition coefficient (Wildman–Crippen LogP) is 5.55. The number of ether oxygens (including phenoxy) is 3. The largest absolute Gasteiger partial charge is 0.495 e. The summed E-state index contributed by atoms with van der Waals surface area (Å²) < 4.78 is 16.5. The predicted molar refractivity (Wildman–Crippen MR) is 149 cm³/mol. The summed E-state index contributed by atoms with van der Waals surface area (Å²) in [5.74, 6) is 2.60. The summed E-state index contributed by atoms with van der Waals surface area (Å²) >= 11 is 13.3. The van der Waals surface area contributed by atoms with Crippen LogP contribution in [0.2, 0.25) is 10.0 Å². The highest BCUT2D eigenvalue weighted by atomic mass is 35.5. The number of hydrogen-bond donors (Lipinski definition) is 2. The van der Waals surface area contributed by atoms with Gasteiger partial charge >= 0.3 is 0 Å². The summed E-state index contributed by atoms with van der Waals surface area (Å²) in [4.78, 5) is 26.2. The van der Waals surface area contributed by atoms with Crippen LogP contribution in [0, 0.1) is 5.92 Å². The second kappa shape index (κ2) is 11.3. The van der Waals surface area contributed by atoms with Gasteiger partial charge in [-0.3, -0.25) is 4.79 Å². The Balaban J connectivity index is 1.54. The van der Waals surface area contributed by atoms with Gasteiger partial charge in [0.05, 0.1) is 54.2 Å². The molecule has 11 heteroatoms. The van der Waals surface area contributed by atoms with Gasteiger partial charge in [-0.05, 0) is 37.3 Å². The first-order chi connectivity index (χ1) is 18.4. The van der Waals surface area contributed by atoms with Crippen LogP contribution in [0.1, 0.15) is 25.7 Å². The van der Waals surface area contributed by atoms with Gasteiger partial charge in [-0.15, -0.1) is 0 Å². The van der Waals surface area contributed by atoms with Crippen molar-refractivity contribution in [2.75, 3.05) is 38.1 Å². The Kier molecular flexibility index (Phi) is 7.88. The molecule has 3 heterocycles. The Morgan fingerprint density at radius 2 is 1.87 bits per heavy atom. The van der Waals surface area contributed by atoms with E-state index in [2.05, 4.69) is 22.2 Å². The summed E-state index contributed by atoms with van der Waals surface area (Å²) in [5.41, 5.74) is 1.04. The Hall–Kier alpha value is -3.14. The number of fused-ring (bicyclic) bond motifs is 1. The molecule has 3 aromatic rings.